The van der Waals surface area contributed by atoms with E-state index in [9.17, 15) is 0 Å². The van der Waals surface area contributed by atoms with Gasteiger partial charge in [-0.15, -0.1) is 0 Å². The van der Waals surface area contributed by atoms with Gasteiger partial charge in [0, 0.05) is 0 Å². The topological polar surface area (TPSA) is 17.1 Å². The summed E-state index contributed by atoms with van der Waals surface area (Å²) in [7, 11) is 0. The summed E-state index contributed by atoms with van der Waals surface area (Å²) >= 11 is 1.61. The van der Waals surface area contributed by atoms with E-state index in [1.807, 2.05) is 0 Å². The molecule has 0 fully saturated rings. The summed E-state index contributed by atoms with van der Waals surface area (Å²) in [5.41, 5.74) is 0. The van der Waals surface area contributed by atoms with Gasteiger partial charge in [0.05, 0.1) is 0 Å². The van der Waals surface area contributed by atoms with Gasteiger partial charge in [-0.2, -0.15) is 0 Å². The Morgan fingerprint density at radius 1 is 1.75 bits per heavy atom. The molecular weight excluding hydrogens is 178 g/mol. The Morgan fingerprint density at radius 3 is 1.75 bits per heavy atom. The maximum atomic E-state index is 8.79. The van der Waals surface area contributed by atoms with Gasteiger partial charge in [0.15, 0.2) is 4.29 Å². The third-order valence-electron chi connectivity index (χ3n) is 0. The molecule has 0 radical (unpaired) electrons. The first-order chi connectivity index (χ1) is 1.41. The molecule has 0 aliphatic rings. The van der Waals surface area contributed by atoms with E-state index in [4.69, 9.17) is 4.79 Å². The fourth-order valence-electron chi connectivity index (χ4n) is 0. The second-order valence-electron chi connectivity index (χ2n) is 0.0891. The van der Waals surface area contributed by atoms with Crippen LogP contribution in [0.3, 0.4) is 0 Å². The summed E-state index contributed by atoms with van der Waals surface area (Å²) in [5, 5.41) is 0. The van der Waals surface area contributed by atoms with Crippen molar-refractivity contribution in [2.75, 3.05) is 0 Å². The molecule has 0 unspecified atom stereocenters. The summed E-state index contributed by atoms with van der Waals surface area (Å²) in [4.78, 5) is 8.79. The SMILES string of the molecule is O=CI.[NaH]. The van der Waals surface area contributed by atoms with Gasteiger partial charge in [-0.25, -0.2) is 0 Å². The predicted molar refractivity (Wildman–Crippen MR) is 27.9 cm³/mol. The van der Waals surface area contributed by atoms with Crippen LogP contribution in [0.1, 0.15) is 0 Å². The van der Waals surface area contributed by atoms with Gasteiger partial charge in [-0.3, -0.25) is 4.79 Å². The summed E-state index contributed by atoms with van der Waals surface area (Å²) in [6.45, 7) is 0. The number of carbonyl (C=O) groups is 1. The van der Waals surface area contributed by atoms with Crippen molar-refractivity contribution in [2.24, 2.45) is 0 Å². The number of halogens is 1. The number of hydrogen-bond donors (Lipinski definition) is 0. The van der Waals surface area contributed by atoms with Crippen molar-refractivity contribution in [3.63, 3.8) is 0 Å². The Morgan fingerprint density at radius 2 is 1.75 bits per heavy atom. The summed E-state index contributed by atoms with van der Waals surface area (Å²) in [6.07, 6.45) is 0. The molecule has 0 saturated heterocycles. The Balaban J connectivity index is 0. The quantitative estimate of drug-likeness (QED) is 0.221. The van der Waals surface area contributed by atoms with Crippen molar-refractivity contribution in [1.29, 1.82) is 0 Å². The monoisotopic (exact) mass is 180 g/mol. The maximum absolute atomic E-state index is 8.79. The zero-order valence-corrected chi connectivity index (χ0v) is 3.52. The second kappa shape index (κ2) is 8.83. The molecule has 3 heteroatoms. The van der Waals surface area contributed by atoms with E-state index >= 15 is 0 Å². The van der Waals surface area contributed by atoms with Gasteiger partial charge in [-0.1, -0.05) is 0 Å². The van der Waals surface area contributed by atoms with E-state index < -0.39 is 0 Å². The Bertz CT molecular complexity index is 15.5. The van der Waals surface area contributed by atoms with Gasteiger partial charge in [-0.05, 0) is 22.6 Å². The van der Waals surface area contributed by atoms with Crippen LogP contribution in [-0.2, 0) is 4.79 Å². The van der Waals surface area contributed by atoms with E-state index in [2.05, 4.69) is 0 Å². The molecule has 0 saturated carbocycles. The third-order valence-corrected chi connectivity index (χ3v) is 0. The van der Waals surface area contributed by atoms with Crippen molar-refractivity contribution in [1.82, 2.24) is 0 Å². The van der Waals surface area contributed by atoms with Crippen molar-refractivity contribution >= 4 is 56.4 Å². The first kappa shape index (κ1) is 9.04. The van der Waals surface area contributed by atoms with Gasteiger partial charge >= 0.3 is 29.6 Å². The van der Waals surface area contributed by atoms with Crippen LogP contribution in [0.2, 0.25) is 0 Å². The molecular formula is CH2INaO. The zero-order valence-electron chi connectivity index (χ0n) is 1.36. The van der Waals surface area contributed by atoms with Crippen LogP contribution < -0.4 is 0 Å². The predicted octanol–water partition coefficient (Wildman–Crippen LogP) is -0.0369. The molecule has 0 spiro atoms. The van der Waals surface area contributed by atoms with Crippen LogP contribution in [-0.4, -0.2) is 33.9 Å². The van der Waals surface area contributed by atoms with Gasteiger partial charge in [0.1, 0.15) is 0 Å². The molecule has 0 bridgehead atoms. The van der Waals surface area contributed by atoms with Gasteiger partial charge in [0.25, 0.3) is 0 Å². The van der Waals surface area contributed by atoms with Crippen molar-refractivity contribution in [3.8, 4) is 0 Å². The average Bonchev–Trinajstić information content (AvgIpc) is 0.918. The van der Waals surface area contributed by atoms with Crippen LogP contribution >= 0.6 is 22.6 Å². The summed E-state index contributed by atoms with van der Waals surface area (Å²) in [5.74, 6) is 0. The Labute approximate surface area is 60.6 Å². The molecule has 0 aromatic rings. The Hall–Kier alpha value is 1.40. The standard InChI is InChI=1S/CHIO.Na.H/c2-1-3;;/h1H;;. The molecule has 0 aromatic carbocycles. The molecule has 0 amide bonds. The molecule has 1 nitrogen and oxygen atoms in total. The third kappa shape index (κ3) is 9.99. The van der Waals surface area contributed by atoms with Crippen LogP contribution in [0.5, 0.6) is 0 Å². The van der Waals surface area contributed by atoms with Crippen molar-refractivity contribution in [2.45, 2.75) is 0 Å². The first-order valence-electron chi connectivity index (χ1n) is 0.454. The molecule has 4 heavy (non-hydrogen) atoms. The van der Waals surface area contributed by atoms with Crippen LogP contribution in [0.15, 0.2) is 0 Å². The number of hydrogen-bond acceptors (Lipinski definition) is 1. The average molecular weight is 180 g/mol. The van der Waals surface area contributed by atoms with Gasteiger partial charge < -0.3 is 0 Å². The first-order valence-corrected chi connectivity index (χ1v) is 1.70. The van der Waals surface area contributed by atoms with E-state index in [0.29, 0.717) is 0 Å². The van der Waals surface area contributed by atoms with Crippen molar-refractivity contribution < 1.29 is 4.79 Å². The second-order valence-corrected chi connectivity index (χ2v) is 0.598. The van der Waals surface area contributed by atoms with Crippen LogP contribution in [0, 0.1) is 0 Å². The van der Waals surface area contributed by atoms with E-state index in [-0.39, 0.29) is 29.6 Å². The van der Waals surface area contributed by atoms with Crippen LogP contribution in [0.25, 0.3) is 0 Å². The van der Waals surface area contributed by atoms with Crippen LogP contribution in [0.4, 0.5) is 0 Å². The normalized spacial score (nSPS) is 3.25. The molecule has 0 N–H and O–H groups in total. The van der Waals surface area contributed by atoms with E-state index in [1.54, 1.807) is 22.6 Å². The van der Waals surface area contributed by atoms with Gasteiger partial charge in [0.2, 0.25) is 0 Å². The fourth-order valence-corrected chi connectivity index (χ4v) is 0. The molecule has 0 atom stereocenters. The Kier molecular flexibility index (Phi) is 20.0. The molecule has 0 aliphatic heterocycles. The molecule has 0 aromatic heterocycles. The minimum absolute atomic E-state index is 0. The molecule has 0 aliphatic carbocycles. The number of carbonyl (C=O) groups excluding carboxylic acids is 1. The fraction of sp³-hybridized carbons (Fsp3) is 0. The molecule has 0 rings (SSSR count). The minimum atomic E-state index is 0. The zero-order chi connectivity index (χ0) is 2.71. The van der Waals surface area contributed by atoms with Crippen molar-refractivity contribution in [3.05, 3.63) is 0 Å². The summed E-state index contributed by atoms with van der Waals surface area (Å²) < 4.78 is 0.720. The van der Waals surface area contributed by atoms with E-state index in [0.717, 1.165) is 4.29 Å². The molecule has 0 heterocycles. The number of rotatable bonds is 0. The van der Waals surface area contributed by atoms with E-state index in [1.165, 1.54) is 0 Å². The summed E-state index contributed by atoms with van der Waals surface area (Å²) in [6, 6.07) is 0. The molecule has 20 valence electrons.